The molecule has 5 nitrogen and oxygen atoms in total. The summed E-state index contributed by atoms with van der Waals surface area (Å²) < 4.78 is 5.35. The molecular weight excluding hydrogens is 352 g/mol. The average molecular weight is 387 g/mol. The van der Waals surface area contributed by atoms with Crippen LogP contribution < -0.4 is 15.4 Å². The summed E-state index contributed by atoms with van der Waals surface area (Å²) in [5.74, 6) is 0.931. The summed E-state index contributed by atoms with van der Waals surface area (Å²) in [5.41, 5.74) is 1.80. The average Bonchev–Trinajstić information content (AvgIpc) is 2.97. The molecule has 0 heterocycles. The maximum absolute atomic E-state index is 12.7. The number of rotatable bonds is 5. The van der Waals surface area contributed by atoms with Gasteiger partial charge >= 0.3 is 0 Å². The minimum absolute atomic E-state index is 0.0338. The van der Waals surface area contributed by atoms with Gasteiger partial charge in [-0.25, -0.2) is 0 Å². The molecule has 2 aliphatic rings. The number of anilines is 1. The van der Waals surface area contributed by atoms with E-state index in [0.29, 0.717) is 11.8 Å². The lowest BCUT2D eigenvalue weighted by atomic mass is 9.81. The first-order valence-electron chi connectivity index (χ1n) is 10.8. The normalized spacial score (nSPS) is 23.5. The number of carbonyl (C=O) groups excluding carboxylic acids is 2. The van der Waals surface area contributed by atoms with Crippen molar-refractivity contribution in [1.29, 1.82) is 0 Å². The molecule has 2 saturated carbocycles. The number of aryl methyl sites for hydroxylation is 1. The molecule has 3 rings (SSSR count). The highest BCUT2D eigenvalue weighted by Gasteiger charge is 2.31. The third kappa shape index (κ3) is 5.49. The monoisotopic (exact) mass is 386 g/mol. The van der Waals surface area contributed by atoms with Crippen LogP contribution in [0.3, 0.4) is 0 Å². The van der Waals surface area contributed by atoms with E-state index in [-0.39, 0.29) is 23.7 Å². The van der Waals surface area contributed by atoms with Gasteiger partial charge in [-0.3, -0.25) is 9.59 Å². The van der Waals surface area contributed by atoms with Gasteiger partial charge in [0, 0.05) is 17.9 Å². The Morgan fingerprint density at radius 2 is 1.50 bits per heavy atom. The number of methoxy groups -OCH3 is 1. The Morgan fingerprint density at radius 3 is 2.11 bits per heavy atom. The smallest absolute Gasteiger partial charge is 0.227 e. The number of amides is 2. The lowest BCUT2D eigenvalue weighted by molar-refractivity contribution is -0.129. The third-order valence-corrected chi connectivity index (χ3v) is 6.28. The van der Waals surface area contributed by atoms with Crippen LogP contribution in [0.5, 0.6) is 5.75 Å². The van der Waals surface area contributed by atoms with Crippen molar-refractivity contribution in [2.75, 3.05) is 12.4 Å². The molecule has 0 atom stereocenters. The summed E-state index contributed by atoms with van der Waals surface area (Å²) >= 11 is 0. The molecule has 2 fully saturated rings. The topological polar surface area (TPSA) is 67.4 Å². The van der Waals surface area contributed by atoms with Gasteiger partial charge in [0.15, 0.2) is 0 Å². The second-order valence-electron chi connectivity index (χ2n) is 8.44. The Kier molecular flexibility index (Phi) is 7.35. The number of hydrogen-bond donors (Lipinski definition) is 2. The minimum Gasteiger partial charge on any atom is -0.495 e. The molecule has 0 aliphatic heterocycles. The van der Waals surface area contributed by atoms with E-state index in [0.717, 1.165) is 49.8 Å². The molecule has 0 spiro atoms. The Labute approximate surface area is 168 Å². The van der Waals surface area contributed by atoms with E-state index in [1.807, 2.05) is 25.1 Å². The van der Waals surface area contributed by atoms with Crippen LogP contribution in [0.25, 0.3) is 0 Å². The van der Waals surface area contributed by atoms with Crippen LogP contribution in [-0.4, -0.2) is 25.0 Å². The molecule has 154 valence electrons. The van der Waals surface area contributed by atoms with Gasteiger partial charge in [-0.2, -0.15) is 0 Å². The summed E-state index contributed by atoms with van der Waals surface area (Å²) in [6.45, 7) is 1.99. The Balaban J connectivity index is 1.48. The molecule has 2 amide bonds. The number of carbonyl (C=O) groups is 2. The molecule has 0 unspecified atom stereocenters. The highest BCUT2D eigenvalue weighted by Crippen LogP contribution is 2.32. The summed E-state index contributed by atoms with van der Waals surface area (Å²) in [5, 5.41) is 6.30. The van der Waals surface area contributed by atoms with Crippen molar-refractivity contribution >= 4 is 17.5 Å². The number of nitrogens with one attached hydrogen (secondary N) is 2. The summed E-state index contributed by atoms with van der Waals surface area (Å²) in [7, 11) is 1.61. The highest BCUT2D eigenvalue weighted by atomic mass is 16.5. The largest absolute Gasteiger partial charge is 0.495 e. The van der Waals surface area contributed by atoms with Gasteiger partial charge < -0.3 is 15.4 Å². The zero-order valence-corrected chi connectivity index (χ0v) is 17.3. The molecule has 1 aromatic rings. The molecular formula is C23H34N2O3. The van der Waals surface area contributed by atoms with E-state index in [9.17, 15) is 9.59 Å². The molecule has 2 N–H and O–H groups in total. The predicted octanol–water partition coefficient (Wildman–Crippen LogP) is 4.59. The molecule has 28 heavy (non-hydrogen) atoms. The fourth-order valence-electron chi connectivity index (χ4n) is 4.51. The molecule has 2 aliphatic carbocycles. The van der Waals surface area contributed by atoms with Gasteiger partial charge in [-0.1, -0.05) is 31.7 Å². The SMILES string of the molecule is COc1ccc(C)cc1NC(=O)C1CCC(C(=O)NC2CCCCCC2)CC1. The van der Waals surface area contributed by atoms with Gasteiger partial charge in [-0.15, -0.1) is 0 Å². The van der Waals surface area contributed by atoms with Gasteiger partial charge in [0.1, 0.15) is 5.75 Å². The molecule has 0 aromatic heterocycles. The van der Waals surface area contributed by atoms with Crippen molar-refractivity contribution in [2.45, 2.75) is 77.2 Å². The lowest BCUT2D eigenvalue weighted by Gasteiger charge is -2.28. The van der Waals surface area contributed by atoms with Crippen LogP contribution in [0, 0.1) is 18.8 Å². The van der Waals surface area contributed by atoms with Gasteiger partial charge in [0.05, 0.1) is 12.8 Å². The Hall–Kier alpha value is -2.04. The maximum Gasteiger partial charge on any atom is 0.227 e. The zero-order valence-electron chi connectivity index (χ0n) is 17.3. The van der Waals surface area contributed by atoms with E-state index >= 15 is 0 Å². The number of benzene rings is 1. The van der Waals surface area contributed by atoms with Crippen molar-refractivity contribution in [1.82, 2.24) is 5.32 Å². The van der Waals surface area contributed by atoms with Crippen LogP contribution in [-0.2, 0) is 9.59 Å². The molecule has 0 saturated heterocycles. The summed E-state index contributed by atoms with van der Waals surface area (Å²) in [4.78, 5) is 25.4. The van der Waals surface area contributed by atoms with Crippen LogP contribution in [0.2, 0.25) is 0 Å². The number of hydrogen-bond acceptors (Lipinski definition) is 3. The molecule has 0 radical (unpaired) electrons. The molecule has 0 bridgehead atoms. The fraction of sp³-hybridized carbons (Fsp3) is 0.652. The van der Waals surface area contributed by atoms with Crippen molar-refractivity contribution in [3.8, 4) is 5.75 Å². The third-order valence-electron chi connectivity index (χ3n) is 6.28. The van der Waals surface area contributed by atoms with Crippen molar-refractivity contribution in [3.05, 3.63) is 23.8 Å². The Morgan fingerprint density at radius 1 is 0.893 bits per heavy atom. The standard InChI is InChI=1S/C23H34N2O3/c1-16-9-14-21(28-2)20(15-16)25-23(27)18-12-10-17(11-13-18)22(26)24-19-7-5-3-4-6-8-19/h9,14-15,17-19H,3-8,10-13H2,1-2H3,(H,24,26)(H,25,27). The second kappa shape index (κ2) is 9.94. The van der Waals surface area contributed by atoms with E-state index in [1.54, 1.807) is 7.11 Å². The molecule has 5 heteroatoms. The van der Waals surface area contributed by atoms with Crippen LogP contribution in [0.4, 0.5) is 5.69 Å². The van der Waals surface area contributed by atoms with Crippen molar-refractivity contribution < 1.29 is 14.3 Å². The summed E-state index contributed by atoms with van der Waals surface area (Å²) in [6, 6.07) is 6.12. The maximum atomic E-state index is 12.7. The van der Waals surface area contributed by atoms with E-state index < -0.39 is 0 Å². The number of ether oxygens (including phenoxy) is 1. The van der Waals surface area contributed by atoms with Crippen molar-refractivity contribution in [2.24, 2.45) is 11.8 Å². The van der Waals surface area contributed by atoms with E-state index in [2.05, 4.69) is 10.6 Å². The van der Waals surface area contributed by atoms with Crippen LogP contribution in [0.1, 0.15) is 69.8 Å². The fourth-order valence-corrected chi connectivity index (χ4v) is 4.51. The lowest BCUT2D eigenvalue weighted by Crippen LogP contribution is -2.40. The van der Waals surface area contributed by atoms with E-state index in [1.165, 1.54) is 25.7 Å². The predicted molar refractivity (Wildman–Crippen MR) is 111 cm³/mol. The van der Waals surface area contributed by atoms with E-state index in [4.69, 9.17) is 4.74 Å². The Bertz CT molecular complexity index is 672. The first-order valence-corrected chi connectivity index (χ1v) is 10.8. The first kappa shape index (κ1) is 20.7. The second-order valence-corrected chi connectivity index (χ2v) is 8.44. The van der Waals surface area contributed by atoms with Crippen molar-refractivity contribution in [3.63, 3.8) is 0 Å². The first-order chi connectivity index (χ1) is 13.6. The highest BCUT2D eigenvalue weighted by molar-refractivity contribution is 5.94. The quantitative estimate of drug-likeness (QED) is 0.728. The zero-order chi connectivity index (χ0) is 19.9. The van der Waals surface area contributed by atoms with Gasteiger partial charge in [0.25, 0.3) is 0 Å². The van der Waals surface area contributed by atoms with Gasteiger partial charge in [-0.05, 0) is 63.1 Å². The molecule has 1 aromatic carbocycles. The minimum atomic E-state index is -0.0350. The van der Waals surface area contributed by atoms with Crippen LogP contribution in [0.15, 0.2) is 18.2 Å². The summed E-state index contributed by atoms with van der Waals surface area (Å²) in [6.07, 6.45) is 10.4. The van der Waals surface area contributed by atoms with Crippen LogP contribution >= 0.6 is 0 Å². The van der Waals surface area contributed by atoms with Gasteiger partial charge in [0.2, 0.25) is 11.8 Å².